The maximum Gasteiger partial charge on any atom is 0.254 e. The first-order chi connectivity index (χ1) is 11.6. The van der Waals surface area contributed by atoms with Crippen LogP contribution in [0, 0.1) is 0 Å². The third-order valence-corrected chi connectivity index (χ3v) is 3.77. The van der Waals surface area contributed by atoms with Crippen molar-refractivity contribution in [3.63, 3.8) is 0 Å². The first-order valence-electron chi connectivity index (χ1n) is 7.69. The molecule has 0 saturated heterocycles. The molecule has 1 heterocycles. The Balaban J connectivity index is 1.61. The van der Waals surface area contributed by atoms with E-state index < -0.39 is 6.04 Å². The zero-order chi connectivity index (χ0) is 16.9. The average Bonchev–Trinajstić information content (AvgIpc) is 2.71. The van der Waals surface area contributed by atoms with Gasteiger partial charge in [-0.2, -0.15) is 0 Å². The van der Waals surface area contributed by atoms with Gasteiger partial charge in [-0.3, -0.25) is 14.4 Å². The third kappa shape index (κ3) is 3.60. The van der Waals surface area contributed by atoms with Gasteiger partial charge in [0.15, 0.2) is 0 Å². The number of rotatable bonds is 4. The van der Waals surface area contributed by atoms with Crippen molar-refractivity contribution < 1.29 is 14.4 Å². The van der Waals surface area contributed by atoms with Crippen molar-refractivity contribution in [2.24, 2.45) is 0 Å². The van der Waals surface area contributed by atoms with Gasteiger partial charge in [-0.25, -0.2) is 0 Å². The van der Waals surface area contributed by atoms with Crippen LogP contribution >= 0.6 is 0 Å². The molecular formula is C18H17N3O3. The number of hydrogen-bond acceptors (Lipinski definition) is 3. The Kier molecular flexibility index (Phi) is 4.56. The lowest BCUT2D eigenvalue weighted by molar-refractivity contribution is -0.118. The summed E-state index contributed by atoms with van der Waals surface area (Å²) in [5.41, 5.74) is 1.60. The molecule has 0 aromatic heterocycles. The van der Waals surface area contributed by atoms with Crippen LogP contribution in [0.5, 0.6) is 0 Å². The number of carbonyl (C=O) groups is 3. The highest BCUT2D eigenvalue weighted by Crippen LogP contribution is 2.19. The number of amides is 3. The normalized spacial score (nSPS) is 16.4. The van der Waals surface area contributed by atoms with Crippen molar-refractivity contribution in [3.05, 3.63) is 60.2 Å². The molecule has 0 bridgehead atoms. The summed E-state index contributed by atoms with van der Waals surface area (Å²) in [4.78, 5) is 36.4. The van der Waals surface area contributed by atoms with Crippen LogP contribution in [-0.4, -0.2) is 23.8 Å². The molecule has 1 atom stereocenters. The topological polar surface area (TPSA) is 87.3 Å². The van der Waals surface area contributed by atoms with Crippen LogP contribution in [-0.2, 0) is 9.59 Å². The molecule has 6 nitrogen and oxygen atoms in total. The van der Waals surface area contributed by atoms with Gasteiger partial charge in [-0.15, -0.1) is 0 Å². The minimum absolute atomic E-state index is 0.129. The first-order valence-corrected chi connectivity index (χ1v) is 7.69. The molecule has 0 fully saturated rings. The Morgan fingerprint density at radius 3 is 2.50 bits per heavy atom. The summed E-state index contributed by atoms with van der Waals surface area (Å²) >= 11 is 0. The number of hydrogen-bond donors (Lipinski definition) is 3. The molecule has 0 saturated carbocycles. The molecule has 24 heavy (non-hydrogen) atoms. The van der Waals surface area contributed by atoms with E-state index in [0.717, 1.165) is 0 Å². The Labute approximate surface area is 139 Å². The lowest BCUT2D eigenvalue weighted by atomic mass is 10.1. The summed E-state index contributed by atoms with van der Waals surface area (Å²) < 4.78 is 0. The summed E-state index contributed by atoms with van der Waals surface area (Å²) in [5, 5.41) is 8.15. The van der Waals surface area contributed by atoms with Gasteiger partial charge in [0.2, 0.25) is 11.8 Å². The molecule has 3 rings (SSSR count). The molecular weight excluding hydrogens is 306 g/mol. The molecule has 1 aliphatic rings. The lowest BCUT2D eigenvalue weighted by Crippen LogP contribution is -2.41. The highest BCUT2D eigenvalue weighted by atomic mass is 16.2. The molecule has 3 amide bonds. The quantitative estimate of drug-likeness (QED) is 0.806. The molecule has 0 radical (unpaired) electrons. The van der Waals surface area contributed by atoms with E-state index in [-0.39, 0.29) is 30.6 Å². The lowest BCUT2D eigenvalue weighted by Gasteiger charge is -2.14. The first kappa shape index (κ1) is 15.7. The van der Waals surface area contributed by atoms with Gasteiger partial charge in [0.1, 0.15) is 6.04 Å². The highest BCUT2D eigenvalue weighted by Gasteiger charge is 2.27. The summed E-state index contributed by atoms with van der Waals surface area (Å²) in [5.74, 6) is -0.844. The summed E-state index contributed by atoms with van der Waals surface area (Å²) in [6, 6.07) is 15.1. The Hall–Kier alpha value is -3.15. The molecule has 6 heteroatoms. The van der Waals surface area contributed by atoms with E-state index in [1.807, 2.05) is 18.2 Å². The van der Waals surface area contributed by atoms with E-state index in [4.69, 9.17) is 0 Å². The van der Waals surface area contributed by atoms with E-state index in [2.05, 4.69) is 16.0 Å². The van der Waals surface area contributed by atoms with Gasteiger partial charge < -0.3 is 16.0 Å². The zero-order valence-corrected chi connectivity index (χ0v) is 12.9. The maximum atomic E-state index is 12.2. The Bertz CT molecular complexity index is 774. The average molecular weight is 323 g/mol. The SMILES string of the molecule is O=C(CC[C@@H]1NC(=O)c2ccccc2NC1=O)Nc1ccccc1. The second-order valence-corrected chi connectivity index (χ2v) is 5.51. The number of carbonyl (C=O) groups excluding carboxylic acids is 3. The van der Waals surface area contributed by atoms with Crippen LogP contribution in [0.4, 0.5) is 11.4 Å². The third-order valence-electron chi connectivity index (χ3n) is 3.77. The van der Waals surface area contributed by atoms with Crippen molar-refractivity contribution in [2.75, 3.05) is 10.6 Å². The molecule has 2 aromatic carbocycles. The van der Waals surface area contributed by atoms with Gasteiger partial charge in [0.25, 0.3) is 5.91 Å². The van der Waals surface area contributed by atoms with Crippen molar-refractivity contribution in [3.8, 4) is 0 Å². The number of nitrogens with one attached hydrogen (secondary N) is 3. The Morgan fingerprint density at radius 2 is 1.71 bits per heavy atom. The number of anilines is 2. The van der Waals surface area contributed by atoms with Gasteiger partial charge in [0, 0.05) is 12.1 Å². The van der Waals surface area contributed by atoms with E-state index in [1.165, 1.54) is 0 Å². The summed E-state index contributed by atoms with van der Waals surface area (Å²) in [6.07, 6.45) is 0.355. The Morgan fingerprint density at radius 1 is 1.00 bits per heavy atom. The summed E-state index contributed by atoms with van der Waals surface area (Å²) in [6.45, 7) is 0. The minimum Gasteiger partial charge on any atom is -0.340 e. The summed E-state index contributed by atoms with van der Waals surface area (Å²) in [7, 11) is 0. The predicted octanol–water partition coefficient (Wildman–Crippen LogP) is 2.16. The van der Waals surface area contributed by atoms with Crippen molar-refractivity contribution in [1.82, 2.24) is 5.32 Å². The van der Waals surface area contributed by atoms with Crippen LogP contribution < -0.4 is 16.0 Å². The van der Waals surface area contributed by atoms with Crippen molar-refractivity contribution in [1.29, 1.82) is 0 Å². The number of para-hydroxylation sites is 2. The van der Waals surface area contributed by atoms with Gasteiger partial charge in [-0.1, -0.05) is 30.3 Å². The standard InChI is InChI=1S/C18H17N3O3/c22-16(19-12-6-2-1-3-7-12)11-10-15-18(24)20-14-9-5-4-8-13(14)17(23)21-15/h1-9,15H,10-11H2,(H,19,22)(H,20,24)(H,21,23)/t15-/m0/s1. The minimum atomic E-state index is -0.744. The molecule has 0 unspecified atom stereocenters. The van der Waals surface area contributed by atoms with E-state index in [1.54, 1.807) is 36.4 Å². The predicted molar refractivity (Wildman–Crippen MR) is 90.6 cm³/mol. The van der Waals surface area contributed by atoms with Crippen LogP contribution in [0.2, 0.25) is 0 Å². The molecule has 1 aliphatic heterocycles. The fourth-order valence-electron chi connectivity index (χ4n) is 2.54. The van der Waals surface area contributed by atoms with E-state index >= 15 is 0 Å². The molecule has 3 N–H and O–H groups in total. The second kappa shape index (κ2) is 6.95. The van der Waals surface area contributed by atoms with Crippen LogP contribution in [0.1, 0.15) is 23.2 Å². The van der Waals surface area contributed by atoms with Crippen molar-refractivity contribution >= 4 is 29.1 Å². The van der Waals surface area contributed by atoms with E-state index in [0.29, 0.717) is 16.9 Å². The molecule has 0 spiro atoms. The van der Waals surface area contributed by atoms with E-state index in [9.17, 15) is 14.4 Å². The zero-order valence-electron chi connectivity index (χ0n) is 12.9. The largest absolute Gasteiger partial charge is 0.340 e. The van der Waals surface area contributed by atoms with Crippen LogP contribution in [0.25, 0.3) is 0 Å². The van der Waals surface area contributed by atoms with Gasteiger partial charge in [0.05, 0.1) is 11.3 Å². The smallest absolute Gasteiger partial charge is 0.254 e. The highest BCUT2D eigenvalue weighted by molar-refractivity contribution is 6.09. The molecule has 2 aromatic rings. The second-order valence-electron chi connectivity index (χ2n) is 5.51. The van der Waals surface area contributed by atoms with Crippen molar-refractivity contribution in [2.45, 2.75) is 18.9 Å². The van der Waals surface area contributed by atoms with Gasteiger partial charge >= 0.3 is 0 Å². The van der Waals surface area contributed by atoms with Crippen LogP contribution in [0.3, 0.4) is 0 Å². The molecule has 122 valence electrons. The number of benzene rings is 2. The fraction of sp³-hybridized carbons (Fsp3) is 0.167. The number of fused-ring (bicyclic) bond motifs is 1. The fourth-order valence-corrected chi connectivity index (χ4v) is 2.54. The monoisotopic (exact) mass is 323 g/mol. The maximum absolute atomic E-state index is 12.2. The van der Waals surface area contributed by atoms with Crippen LogP contribution in [0.15, 0.2) is 54.6 Å². The molecule has 0 aliphatic carbocycles. The van der Waals surface area contributed by atoms with Gasteiger partial charge in [-0.05, 0) is 30.7 Å².